The Hall–Kier alpha value is -0.950. The minimum atomic E-state index is -2.56. The van der Waals surface area contributed by atoms with E-state index in [9.17, 15) is 4.57 Å². The second kappa shape index (κ2) is 3.43. The van der Waals surface area contributed by atoms with Crippen LogP contribution in [0.1, 0.15) is 4.11 Å². The van der Waals surface area contributed by atoms with Crippen LogP contribution in [0.25, 0.3) is 0 Å². The Morgan fingerprint density at radius 2 is 2.23 bits per heavy atom. The van der Waals surface area contributed by atoms with E-state index in [1.54, 1.807) is 19.4 Å². The Morgan fingerprint density at radius 1 is 1.54 bits per heavy atom. The van der Waals surface area contributed by atoms with E-state index in [-0.39, 0.29) is 11.4 Å². The summed E-state index contributed by atoms with van der Waals surface area (Å²) in [6.45, 7) is 3.19. The van der Waals surface area contributed by atoms with Crippen molar-refractivity contribution >= 4 is 18.1 Å². The lowest BCUT2D eigenvalue weighted by Crippen LogP contribution is -2.04. The first-order valence-corrected chi connectivity index (χ1v) is 6.34. The van der Waals surface area contributed by atoms with E-state index >= 15 is 0 Å². The molecule has 72 valence electrons. The monoisotopic (exact) mass is 202 g/mol. The number of ether oxygens (including phenoxy) is 1. The molecule has 0 aliphatic rings. The Bertz CT molecular complexity index is 439. The number of benzene rings is 1. The Balaban J connectivity index is 3.15. The van der Waals surface area contributed by atoms with Crippen LogP contribution in [0.4, 0.5) is 5.69 Å². The van der Waals surface area contributed by atoms with Gasteiger partial charge in [-0.2, -0.15) is 0 Å². The standard InChI is InChI=1S/C9H14NO2P/c1-12-9-6-7(13(2,3)11)4-5-8(9)10/h4-6H,10H2,1-3H3/i1D3. The third-order valence-corrected chi connectivity index (χ3v) is 3.25. The summed E-state index contributed by atoms with van der Waals surface area (Å²) >= 11 is 0. The van der Waals surface area contributed by atoms with E-state index in [1.807, 2.05) is 0 Å². The van der Waals surface area contributed by atoms with Crippen molar-refractivity contribution in [2.45, 2.75) is 0 Å². The third kappa shape index (κ3) is 2.25. The van der Waals surface area contributed by atoms with Crippen molar-refractivity contribution in [3.8, 4) is 5.75 Å². The maximum atomic E-state index is 11.8. The number of rotatable bonds is 2. The minimum absolute atomic E-state index is 0.0430. The SMILES string of the molecule is [2H]C([2H])([2H])Oc1cc(P(C)(C)=O)ccc1N. The van der Waals surface area contributed by atoms with E-state index in [0.29, 0.717) is 5.30 Å². The average molecular weight is 202 g/mol. The van der Waals surface area contributed by atoms with Gasteiger partial charge in [0.25, 0.3) is 0 Å². The number of nitrogens with two attached hydrogens (primary N) is 1. The van der Waals surface area contributed by atoms with Crippen LogP contribution in [0.15, 0.2) is 18.2 Å². The normalized spacial score (nSPS) is 15.7. The van der Waals surface area contributed by atoms with Crippen molar-refractivity contribution in [1.82, 2.24) is 0 Å². The van der Waals surface area contributed by atoms with Crippen LogP contribution in [0.2, 0.25) is 0 Å². The molecule has 0 saturated heterocycles. The number of hydrogen-bond donors (Lipinski definition) is 1. The molecule has 0 aromatic heterocycles. The summed E-state index contributed by atoms with van der Waals surface area (Å²) in [6.07, 6.45) is 0. The fourth-order valence-corrected chi connectivity index (χ4v) is 1.81. The topological polar surface area (TPSA) is 52.3 Å². The summed E-state index contributed by atoms with van der Waals surface area (Å²) in [6, 6.07) is 4.53. The summed E-state index contributed by atoms with van der Waals surface area (Å²) < 4.78 is 37.5. The molecule has 0 aliphatic heterocycles. The predicted molar refractivity (Wildman–Crippen MR) is 56.5 cm³/mol. The molecule has 1 aromatic rings. The maximum Gasteiger partial charge on any atom is 0.142 e. The molecule has 0 bridgehead atoms. The van der Waals surface area contributed by atoms with Crippen LogP contribution in [-0.4, -0.2) is 20.4 Å². The first-order valence-electron chi connectivity index (χ1n) is 5.24. The maximum absolute atomic E-state index is 11.8. The molecule has 0 aliphatic carbocycles. The molecule has 0 atom stereocenters. The van der Waals surface area contributed by atoms with Crippen LogP contribution >= 0.6 is 7.14 Å². The van der Waals surface area contributed by atoms with Gasteiger partial charge in [-0.25, -0.2) is 0 Å². The Morgan fingerprint density at radius 3 is 2.77 bits per heavy atom. The van der Waals surface area contributed by atoms with Crippen molar-refractivity contribution in [1.29, 1.82) is 0 Å². The highest BCUT2D eigenvalue weighted by Gasteiger charge is 2.12. The summed E-state index contributed by atoms with van der Waals surface area (Å²) in [4.78, 5) is 0. The molecule has 1 rings (SSSR count). The highest BCUT2D eigenvalue weighted by molar-refractivity contribution is 7.70. The lowest BCUT2D eigenvalue weighted by Gasteiger charge is -2.10. The molecule has 0 amide bonds. The second-order valence-electron chi connectivity index (χ2n) is 3.18. The molecule has 0 heterocycles. The van der Waals surface area contributed by atoms with Crippen molar-refractivity contribution in [2.24, 2.45) is 0 Å². The van der Waals surface area contributed by atoms with E-state index in [0.717, 1.165) is 0 Å². The fourth-order valence-electron chi connectivity index (χ4n) is 0.946. The van der Waals surface area contributed by atoms with Gasteiger partial charge in [0.05, 0.1) is 16.8 Å². The van der Waals surface area contributed by atoms with Gasteiger partial charge in [0.15, 0.2) is 0 Å². The predicted octanol–water partition coefficient (Wildman–Crippen LogP) is 1.53. The molecule has 13 heavy (non-hydrogen) atoms. The van der Waals surface area contributed by atoms with Crippen molar-refractivity contribution in [3.63, 3.8) is 0 Å². The summed E-state index contributed by atoms with van der Waals surface area (Å²) in [5.74, 6) is 0.0430. The van der Waals surface area contributed by atoms with E-state index < -0.39 is 14.2 Å². The molecule has 3 nitrogen and oxygen atoms in total. The van der Waals surface area contributed by atoms with Gasteiger partial charge in [0.1, 0.15) is 12.9 Å². The molecule has 2 N–H and O–H groups in total. The average Bonchev–Trinajstić information content (AvgIpc) is 2.04. The molecular weight excluding hydrogens is 185 g/mol. The van der Waals surface area contributed by atoms with Crippen molar-refractivity contribution in [2.75, 3.05) is 26.1 Å². The lowest BCUT2D eigenvalue weighted by atomic mass is 10.3. The quantitative estimate of drug-likeness (QED) is 0.584. The molecule has 0 spiro atoms. The molecule has 1 aromatic carbocycles. The van der Waals surface area contributed by atoms with Gasteiger partial charge in [-0.1, -0.05) is 0 Å². The third-order valence-electron chi connectivity index (χ3n) is 1.73. The van der Waals surface area contributed by atoms with Gasteiger partial charge in [-0.05, 0) is 31.5 Å². The largest absolute Gasteiger partial charge is 0.495 e. The first-order chi connectivity index (χ1) is 7.09. The second-order valence-corrected chi connectivity index (χ2v) is 6.39. The highest BCUT2D eigenvalue weighted by Crippen LogP contribution is 2.36. The summed E-state index contributed by atoms with van der Waals surface area (Å²) in [5.41, 5.74) is 5.79. The molecular formula is C9H14NO2P. The van der Waals surface area contributed by atoms with Crippen molar-refractivity contribution < 1.29 is 13.4 Å². The Kier molecular flexibility index (Phi) is 1.71. The minimum Gasteiger partial charge on any atom is -0.495 e. The van der Waals surface area contributed by atoms with Crippen LogP contribution in [0, 0.1) is 0 Å². The van der Waals surface area contributed by atoms with Crippen LogP contribution < -0.4 is 15.8 Å². The Labute approximate surface area is 82.5 Å². The molecule has 0 unspecified atom stereocenters. The molecule has 0 saturated carbocycles. The highest BCUT2D eigenvalue weighted by atomic mass is 31.2. The zero-order chi connectivity index (χ0) is 12.6. The van der Waals surface area contributed by atoms with Crippen LogP contribution in [0.3, 0.4) is 0 Å². The lowest BCUT2D eigenvalue weighted by molar-refractivity contribution is 0.417. The van der Waals surface area contributed by atoms with E-state index in [2.05, 4.69) is 0 Å². The summed E-state index contributed by atoms with van der Waals surface area (Å²) in [7, 11) is -5.01. The zero-order valence-electron chi connectivity index (χ0n) is 10.6. The molecule has 0 fully saturated rings. The van der Waals surface area contributed by atoms with Crippen LogP contribution in [-0.2, 0) is 4.57 Å². The van der Waals surface area contributed by atoms with E-state index in [1.165, 1.54) is 12.1 Å². The number of methoxy groups -OCH3 is 1. The fraction of sp³-hybridized carbons (Fsp3) is 0.333. The zero-order valence-corrected chi connectivity index (χ0v) is 8.47. The van der Waals surface area contributed by atoms with Crippen LogP contribution in [0.5, 0.6) is 5.75 Å². The molecule has 0 radical (unpaired) electrons. The smallest absolute Gasteiger partial charge is 0.142 e. The van der Waals surface area contributed by atoms with Gasteiger partial charge in [0.2, 0.25) is 0 Å². The number of hydrogen-bond acceptors (Lipinski definition) is 3. The van der Waals surface area contributed by atoms with Gasteiger partial charge >= 0.3 is 0 Å². The van der Waals surface area contributed by atoms with Gasteiger partial charge in [0, 0.05) is 5.30 Å². The number of anilines is 1. The van der Waals surface area contributed by atoms with Gasteiger partial charge < -0.3 is 15.0 Å². The van der Waals surface area contributed by atoms with Gasteiger partial charge in [-0.15, -0.1) is 0 Å². The molecule has 4 heteroatoms. The summed E-state index contributed by atoms with van der Waals surface area (Å²) in [5, 5.41) is 0.543. The number of nitrogen functional groups attached to an aromatic ring is 1. The van der Waals surface area contributed by atoms with Crippen molar-refractivity contribution in [3.05, 3.63) is 18.2 Å². The van der Waals surface area contributed by atoms with E-state index in [4.69, 9.17) is 14.6 Å². The first kappa shape index (κ1) is 6.50. The van der Waals surface area contributed by atoms with Gasteiger partial charge in [-0.3, -0.25) is 0 Å².